The van der Waals surface area contributed by atoms with Crippen LogP contribution in [0.15, 0.2) is 96.1 Å². The summed E-state index contributed by atoms with van der Waals surface area (Å²) in [6.45, 7) is 0. The summed E-state index contributed by atoms with van der Waals surface area (Å²) in [6, 6.07) is 12.4. The van der Waals surface area contributed by atoms with Crippen molar-refractivity contribution in [1.82, 2.24) is 0 Å². The van der Waals surface area contributed by atoms with Crippen LogP contribution >= 0.6 is 95.6 Å². The molecule has 0 aliphatic heterocycles. The Hall–Kier alpha value is 0.906. The molecule has 0 aliphatic rings. The van der Waals surface area contributed by atoms with E-state index in [0.29, 0.717) is 13.4 Å². The van der Waals surface area contributed by atoms with E-state index in [-0.39, 0.29) is 13.4 Å². The average Bonchev–Trinajstić information content (AvgIpc) is 2.77. The van der Waals surface area contributed by atoms with Gasteiger partial charge in [-0.15, -0.1) is 0 Å². The van der Waals surface area contributed by atoms with E-state index >= 15 is 0 Å². The molecule has 0 aromatic heterocycles. The van der Waals surface area contributed by atoms with Gasteiger partial charge in [0.15, 0.2) is 0 Å². The molecule has 3 rings (SSSR count). The Kier molecular flexibility index (Phi) is 11.2. The third-order valence-corrected chi connectivity index (χ3v) is 20.1. The van der Waals surface area contributed by atoms with Crippen molar-refractivity contribution < 1.29 is 34.2 Å². The molecule has 0 unspecified atom stereocenters. The van der Waals surface area contributed by atoms with Gasteiger partial charge >= 0.3 is 274 Å². The van der Waals surface area contributed by atoms with Gasteiger partial charge in [0.2, 0.25) is 0 Å². The zero-order valence-corrected chi connectivity index (χ0v) is 31.8. The molecule has 0 spiro atoms. The van der Waals surface area contributed by atoms with E-state index < -0.39 is 62.4 Å². The van der Waals surface area contributed by atoms with Crippen molar-refractivity contribution >= 4 is 143 Å². The van der Waals surface area contributed by atoms with Crippen molar-refractivity contribution in [1.29, 1.82) is 0 Å². The third-order valence-electron chi connectivity index (χ3n) is 4.10. The predicted octanol–water partition coefficient (Wildman–Crippen LogP) is 6.76. The fraction of sp³-hybridized carbons (Fsp3) is 0. The first-order chi connectivity index (χ1) is 17.0. The van der Waals surface area contributed by atoms with Crippen LogP contribution in [0.1, 0.15) is 0 Å². The van der Waals surface area contributed by atoms with Gasteiger partial charge in [-0.05, 0) is 0 Å². The summed E-state index contributed by atoms with van der Waals surface area (Å²) in [7, 11) is -14.3. The summed E-state index contributed by atoms with van der Waals surface area (Å²) in [5, 5.41) is 0. The summed E-state index contributed by atoms with van der Waals surface area (Å²) in [4.78, 5) is -1.23. The number of rotatable bonds is 9. The number of hydrogen-bond acceptors (Lipinski definition) is 9. The van der Waals surface area contributed by atoms with E-state index in [2.05, 4.69) is 95.6 Å². The van der Waals surface area contributed by atoms with Crippen LogP contribution in [0.2, 0.25) is 0 Å². The van der Waals surface area contributed by atoms with Crippen molar-refractivity contribution in [2.24, 2.45) is 0 Å². The van der Waals surface area contributed by atoms with Crippen molar-refractivity contribution in [3.63, 3.8) is 0 Å². The summed E-state index contributed by atoms with van der Waals surface area (Å²) >= 11 is 13.5. The molecule has 3 aromatic carbocycles. The van der Waals surface area contributed by atoms with Crippen LogP contribution in [0, 0.1) is 0 Å². The van der Waals surface area contributed by atoms with Crippen molar-refractivity contribution in [2.45, 2.75) is 14.7 Å². The maximum atomic E-state index is 13.1. The monoisotopic (exact) mass is 1010 g/mol. The van der Waals surface area contributed by atoms with Gasteiger partial charge in [0.1, 0.15) is 0 Å². The van der Waals surface area contributed by atoms with Gasteiger partial charge < -0.3 is 0 Å². The second-order valence-corrected chi connectivity index (χ2v) is 21.4. The van der Waals surface area contributed by atoms with E-state index in [1.165, 1.54) is 36.4 Å². The Morgan fingerprint density at radius 1 is 0.459 bits per heavy atom. The molecule has 9 nitrogen and oxygen atoms in total. The van der Waals surface area contributed by atoms with Crippen molar-refractivity contribution in [2.75, 3.05) is 0 Å². The fourth-order valence-corrected chi connectivity index (χ4v) is 17.3. The number of halogens is 6. The fourth-order valence-electron chi connectivity index (χ4n) is 2.52. The first kappa shape index (κ1) is 32.4. The molecule has 0 saturated heterocycles. The predicted molar refractivity (Wildman–Crippen MR) is 156 cm³/mol. The molecule has 0 bridgehead atoms. The normalized spacial score (nSPS) is 12.5. The number of benzene rings is 3. The molecule has 0 amide bonds. The maximum absolute atomic E-state index is 13.1. The molecule has 198 valence electrons. The van der Waals surface area contributed by atoms with Gasteiger partial charge in [-0.1, -0.05) is 0 Å². The zero-order valence-electron chi connectivity index (χ0n) is 17.4. The van der Waals surface area contributed by atoms with Gasteiger partial charge in [0.05, 0.1) is 0 Å². The Bertz CT molecular complexity index is 1480. The third kappa shape index (κ3) is 8.46. The quantitative estimate of drug-likeness (QED) is 0.214. The topological polar surface area (TPSA) is 130 Å². The van der Waals surface area contributed by atoms with Crippen LogP contribution in [0.4, 0.5) is 0 Å². The summed E-state index contributed by atoms with van der Waals surface area (Å²) < 4.78 is 95.1. The minimum atomic E-state index is -5.23. The Labute approximate surface area is 270 Å². The molecule has 0 heterocycles. The van der Waals surface area contributed by atoms with Crippen LogP contribution < -0.4 is 0 Å². The van der Waals surface area contributed by atoms with Gasteiger partial charge in [0, 0.05) is 0 Å². The molecule has 0 fully saturated rings. The second kappa shape index (κ2) is 12.8. The van der Waals surface area contributed by atoms with Crippen LogP contribution in [0.3, 0.4) is 0 Å². The van der Waals surface area contributed by atoms with Gasteiger partial charge in [-0.2, -0.15) is 0 Å². The zero-order chi connectivity index (χ0) is 27.8. The molecule has 0 atom stereocenters. The number of hydrogen-bond donors (Lipinski definition) is 0. The van der Waals surface area contributed by atoms with Crippen LogP contribution in [-0.4, -0.2) is 42.6 Å². The van der Waals surface area contributed by atoms with E-state index in [0.717, 1.165) is 0 Å². The SMILES string of the molecule is O=S(=O)([O][Ga]([O]S(=O)(=O)c1cc(Br)ccc1Br)[O]S(=O)(=O)c1cc(Br)ccc1Br)c1cc(Br)ccc1Br. The van der Waals surface area contributed by atoms with Crippen LogP contribution in [0.25, 0.3) is 0 Å². The Balaban J connectivity index is 2.09. The summed E-state index contributed by atoms with van der Waals surface area (Å²) in [6.07, 6.45) is 0. The van der Waals surface area contributed by atoms with E-state index in [9.17, 15) is 25.3 Å². The van der Waals surface area contributed by atoms with Gasteiger partial charge in [-0.25, -0.2) is 0 Å². The van der Waals surface area contributed by atoms with E-state index in [4.69, 9.17) is 8.93 Å². The average molecular weight is 1010 g/mol. The second-order valence-electron chi connectivity index (χ2n) is 6.66. The van der Waals surface area contributed by atoms with Crippen molar-refractivity contribution in [3.8, 4) is 0 Å². The molecular formula is C18H9Br6GaO9S3. The van der Waals surface area contributed by atoms with E-state index in [1.807, 2.05) is 0 Å². The molecular weight excluding hydrogens is 1010 g/mol. The van der Waals surface area contributed by atoms with Crippen LogP contribution in [-0.2, 0) is 39.3 Å². The first-order valence-corrected chi connectivity index (χ1v) is 21.1. The first-order valence-electron chi connectivity index (χ1n) is 9.17. The molecule has 0 aliphatic carbocycles. The summed E-state index contributed by atoms with van der Waals surface area (Å²) in [5.74, 6) is 0. The van der Waals surface area contributed by atoms with Crippen LogP contribution in [0.5, 0.6) is 0 Å². The summed E-state index contributed by atoms with van der Waals surface area (Å²) in [5.41, 5.74) is 0. The Morgan fingerprint density at radius 3 is 0.946 bits per heavy atom. The van der Waals surface area contributed by atoms with Gasteiger partial charge in [-0.3, -0.25) is 0 Å². The molecule has 0 saturated carbocycles. The standard InChI is InChI=1S/3C6H4Br2O3S.Ga/c3*7-4-1-2-5(8)6(3-4)12(9,10)11;/h3*1-3H,(H,9,10,11);/q;;;+3/p-3. The molecule has 0 N–H and O–H groups in total. The molecule has 0 radical (unpaired) electrons. The molecule has 19 heteroatoms. The van der Waals surface area contributed by atoms with Gasteiger partial charge in [0.25, 0.3) is 0 Å². The van der Waals surface area contributed by atoms with Crippen molar-refractivity contribution in [3.05, 3.63) is 81.4 Å². The molecule has 3 aromatic rings. The minimum absolute atomic E-state index is 0.0760. The molecule has 37 heavy (non-hydrogen) atoms. The van der Waals surface area contributed by atoms with E-state index in [1.54, 1.807) is 18.2 Å². The Morgan fingerprint density at radius 2 is 0.703 bits per heavy atom.